The Bertz CT molecular complexity index is 392. The van der Waals surface area contributed by atoms with Gasteiger partial charge < -0.3 is 15.2 Å². The third-order valence-electron chi connectivity index (χ3n) is 3.68. The van der Waals surface area contributed by atoms with E-state index >= 15 is 0 Å². The monoisotopic (exact) mass is 267 g/mol. The van der Waals surface area contributed by atoms with Gasteiger partial charge in [-0.25, -0.2) is 0 Å². The molecular weight excluding hydrogens is 242 g/mol. The van der Waals surface area contributed by atoms with Crippen LogP contribution in [0.5, 0.6) is 0 Å². The second-order valence-electron chi connectivity index (χ2n) is 5.67. The van der Waals surface area contributed by atoms with Crippen molar-refractivity contribution in [2.45, 2.75) is 38.3 Å². The molecule has 1 aromatic rings. The third kappa shape index (κ3) is 3.99. The Kier molecular flexibility index (Phi) is 4.90. The van der Waals surface area contributed by atoms with Gasteiger partial charge in [0, 0.05) is 32.1 Å². The van der Waals surface area contributed by atoms with Crippen LogP contribution in [-0.2, 0) is 6.42 Å². The topological polar surface area (TPSA) is 71.4 Å². The van der Waals surface area contributed by atoms with Gasteiger partial charge in [-0.05, 0) is 33.9 Å². The molecule has 1 aliphatic rings. The molecule has 6 nitrogen and oxygen atoms in total. The molecule has 2 atom stereocenters. The van der Waals surface area contributed by atoms with E-state index in [1.165, 1.54) is 0 Å². The molecule has 2 unspecified atom stereocenters. The smallest absolute Gasteiger partial charge is 0.226 e. The third-order valence-corrected chi connectivity index (χ3v) is 3.68. The standard InChI is InChI=1S/C13H25N5O/c1-10(14)5-4-6-12-15-13(16-19-12)11-9-17(2)7-8-18(11)3/h10-11H,4-9,14H2,1-3H3. The minimum absolute atomic E-state index is 0.237. The summed E-state index contributed by atoms with van der Waals surface area (Å²) in [6.45, 7) is 5.10. The highest BCUT2D eigenvalue weighted by Gasteiger charge is 2.27. The predicted molar refractivity (Wildman–Crippen MR) is 73.8 cm³/mol. The number of hydrogen-bond donors (Lipinski definition) is 1. The normalized spacial score (nSPS) is 23.7. The zero-order valence-electron chi connectivity index (χ0n) is 12.2. The SMILES string of the molecule is CC(N)CCCc1nc(C2CN(C)CCN2C)no1. The summed E-state index contributed by atoms with van der Waals surface area (Å²) in [4.78, 5) is 9.12. The van der Waals surface area contributed by atoms with E-state index in [0.29, 0.717) is 0 Å². The summed E-state index contributed by atoms with van der Waals surface area (Å²) in [5, 5.41) is 4.14. The molecule has 6 heteroatoms. The average molecular weight is 267 g/mol. The highest BCUT2D eigenvalue weighted by atomic mass is 16.5. The lowest BCUT2D eigenvalue weighted by molar-refractivity contribution is 0.108. The second kappa shape index (κ2) is 6.45. The van der Waals surface area contributed by atoms with E-state index in [1.807, 2.05) is 6.92 Å². The van der Waals surface area contributed by atoms with E-state index < -0.39 is 0 Å². The Hall–Kier alpha value is -0.980. The number of piperazine rings is 1. The van der Waals surface area contributed by atoms with Crippen molar-refractivity contribution >= 4 is 0 Å². The Morgan fingerprint density at radius 1 is 1.42 bits per heavy atom. The summed E-state index contributed by atoms with van der Waals surface area (Å²) in [5.74, 6) is 1.54. The first-order valence-electron chi connectivity index (χ1n) is 7.03. The molecule has 0 aliphatic carbocycles. The van der Waals surface area contributed by atoms with Crippen LogP contribution in [0.25, 0.3) is 0 Å². The fraction of sp³-hybridized carbons (Fsp3) is 0.846. The number of nitrogens with two attached hydrogens (primary N) is 1. The van der Waals surface area contributed by atoms with Gasteiger partial charge in [0.2, 0.25) is 5.89 Å². The quantitative estimate of drug-likeness (QED) is 0.845. The molecule has 0 bridgehead atoms. The molecule has 1 saturated heterocycles. The molecule has 0 saturated carbocycles. The minimum atomic E-state index is 0.237. The van der Waals surface area contributed by atoms with Crippen molar-refractivity contribution < 1.29 is 4.52 Å². The van der Waals surface area contributed by atoms with Crippen molar-refractivity contribution in [3.05, 3.63) is 11.7 Å². The van der Waals surface area contributed by atoms with Crippen molar-refractivity contribution in [1.82, 2.24) is 19.9 Å². The van der Waals surface area contributed by atoms with E-state index in [4.69, 9.17) is 10.3 Å². The van der Waals surface area contributed by atoms with Crippen LogP contribution < -0.4 is 5.73 Å². The van der Waals surface area contributed by atoms with Gasteiger partial charge in [0.05, 0.1) is 6.04 Å². The lowest BCUT2D eigenvalue weighted by Gasteiger charge is -2.35. The van der Waals surface area contributed by atoms with Gasteiger partial charge in [-0.1, -0.05) is 5.16 Å². The van der Waals surface area contributed by atoms with E-state index in [-0.39, 0.29) is 12.1 Å². The summed E-state index contributed by atoms with van der Waals surface area (Å²) in [5.41, 5.74) is 5.73. The van der Waals surface area contributed by atoms with Crippen LogP contribution >= 0.6 is 0 Å². The number of aromatic nitrogens is 2. The highest BCUT2D eigenvalue weighted by molar-refractivity contribution is 4.98. The molecule has 2 N–H and O–H groups in total. The summed E-state index contributed by atoms with van der Waals surface area (Å²) < 4.78 is 5.34. The lowest BCUT2D eigenvalue weighted by Crippen LogP contribution is -2.45. The molecule has 0 amide bonds. The van der Waals surface area contributed by atoms with Crippen LogP contribution in [0.3, 0.4) is 0 Å². The van der Waals surface area contributed by atoms with Crippen LogP contribution in [0.15, 0.2) is 4.52 Å². The molecule has 1 aromatic heterocycles. The second-order valence-corrected chi connectivity index (χ2v) is 5.67. The minimum Gasteiger partial charge on any atom is -0.339 e. The van der Waals surface area contributed by atoms with Crippen molar-refractivity contribution in [2.24, 2.45) is 5.73 Å². The molecule has 1 aliphatic heterocycles. The number of rotatable bonds is 5. The van der Waals surface area contributed by atoms with Crippen molar-refractivity contribution in [3.8, 4) is 0 Å². The van der Waals surface area contributed by atoms with Gasteiger partial charge in [0.15, 0.2) is 5.82 Å². The fourth-order valence-corrected chi connectivity index (χ4v) is 2.37. The van der Waals surface area contributed by atoms with Crippen LogP contribution in [0.4, 0.5) is 0 Å². The van der Waals surface area contributed by atoms with Gasteiger partial charge in [0.1, 0.15) is 0 Å². The van der Waals surface area contributed by atoms with Crippen molar-refractivity contribution in [2.75, 3.05) is 33.7 Å². The zero-order chi connectivity index (χ0) is 13.8. The molecular formula is C13H25N5O. The fourth-order valence-electron chi connectivity index (χ4n) is 2.37. The first kappa shape index (κ1) is 14.4. The maximum Gasteiger partial charge on any atom is 0.226 e. The summed E-state index contributed by atoms with van der Waals surface area (Å²) in [6.07, 6.45) is 2.81. The number of likely N-dealkylation sites (N-methyl/N-ethyl adjacent to an activating group) is 2. The Morgan fingerprint density at radius 3 is 2.95 bits per heavy atom. The number of nitrogens with zero attached hydrogens (tertiary/aromatic N) is 4. The van der Waals surface area contributed by atoms with Crippen LogP contribution in [0.2, 0.25) is 0 Å². The molecule has 1 fully saturated rings. The lowest BCUT2D eigenvalue weighted by atomic mass is 10.1. The van der Waals surface area contributed by atoms with Gasteiger partial charge in [0.25, 0.3) is 0 Å². The van der Waals surface area contributed by atoms with Gasteiger partial charge in [-0.2, -0.15) is 4.98 Å². The summed E-state index contributed by atoms with van der Waals surface area (Å²) in [7, 11) is 4.24. The predicted octanol–water partition coefficient (Wildman–Crippen LogP) is 0.658. The Balaban J connectivity index is 1.92. The summed E-state index contributed by atoms with van der Waals surface area (Å²) >= 11 is 0. The Labute approximate surface area is 114 Å². The molecule has 19 heavy (non-hydrogen) atoms. The number of aryl methyl sites for hydroxylation is 1. The van der Waals surface area contributed by atoms with E-state index in [0.717, 1.165) is 50.6 Å². The van der Waals surface area contributed by atoms with E-state index in [2.05, 4.69) is 34.0 Å². The van der Waals surface area contributed by atoms with Crippen molar-refractivity contribution in [1.29, 1.82) is 0 Å². The molecule has 108 valence electrons. The van der Waals surface area contributed by atoms with Gasteiger partial charge in [-0.15, -0.1) is 0 Å². The zero-order valence-corrected chi connectivity index (χ0v) is 12.2. The Morgan fingerprint density at radius 2 is 2.21 bits per heavy atom. The number of hydrogen-bond acceptors (Lipinski definition) is 6. The maximum atomic E-state index is 5.73. The highest BCUT2D eigenvalue weighted by Crippen LogP contribution is 2.21. The average Bonchev–Trinajstić information content (AvgIpc) is 2.80. The van der Waals surface area contributed by atoms with Crippen LogP contribution in [-0.4, -0.2) is 59.7 Å². The molecule has 0 spiro atoms. The summed E-state index contributed by atoms with van der Waals surface area (Å²) in [6, 6.07) is 0.477. The van der Waals surface area contributed by atoms with Crippen molar-refractivity contribution in [3.63, 3.8) is 0 Å². The first-order valence-corrected chi connectivity index (χ1v) is 7.03. The van der Waals surface area contributed by atoms with E-state index in [1.54, 1.807) is 0 Å². The molecule has 2 rings (SSSR count). The van der Waals surface area contributed by atoms with Gasteiger partial charge >= 0.3 is 0 Å². The molecule has 2 heterocycles. The van der Waals surface area contributed by atoms with Crippen LogP contribution in [0.1, 0.15) is 37.5 Å². The molecule has 0 radical (unpaired) electrons. The maximum absolute atomic E-state index is 5.73. The largest absolute Gasteiger partial charge is 0.339 e. The van der Waals surface area contributed by atoms with Gasteiger partial charge in [-0.3, -0.25) is 4.90 Å². The molecule has 0 aromatic carbocycles. The van der Waals surface area contributed by atoms with E-state index in [9.17, 15) is 0 Å². The first-order chi connectivity index (χ1) is 9.06. The van der Waals surface area contributed by atoms with Crippen LogP contribution in [0, 0.1) is 0 Å².